The van der Waals surface area contributed by atoms with E-state index in [1.165, 1.54) is 6.33 Å². The third-order valence-corrected chi connectivity index (χ3v) is 2.86. The Balaban J connectivity index is 3.35. The molecule has 0 bridgehead atoms. The standard InChI is InChI=1S/C14H25N5O2/c1-10(2)7-18(8-11(3)4)14-12(19(20)21)13(17(5)6)15-9-16-14/h9-11H,7-8H2,1-6H3. The molecule has 21 heavy (non-hydrogen) atoms. The van der Waals surface area contributed by atoms with Gasteiger partial charge in [0.15, 0.2) is 0 Å². The van der Waals surface area contributed by atoms with Crippen LogP contribution in [0, 0.1) is 22.0 Å². The summed E-state index contributed by atoms with van der Waals surface area (Å²) in [6.07, 6.45) is 1.39. The zero-order valence-corrected chi connectivity index (χ0v) is 13.7. The van der Waals surface area contributed by atoms with Gasteiger partial charge in [-0.2, -0.15) is 0 Å². The van der Waals surface area contributed by atoms with Gasteiger partial charge in [-0.3, -0.25) is 10.1 Å². The van der Waals surface area contributed by atoms with Crippen LogP contribution in [0.1, 0.15) is 27.7 Å². The van der Waals surface area contributed by atoms with E-state index in [2.05, 4.69) is 37.7 Å². The van der Waals surface area contributed by atoms with Crippen LogP contribution in [0.3, 0.4) is 0 Å². The molecular formula is C14H25N5O2. The van der Waals surface area contributed by atoms with Crippen LogP contribution in [0.25, 0.3) is 0 Å². The van der Waals surface area contributed by atoms with Crippen LogP contribution < -0.4 is 9.80 Å². The molecule has 1 heterocycles. The summed E-state index contributed by atoms with van der Waals surface area (Å²) in [6.45, 7) is 9.81. The molecule has 1 aromatic rings. The van der Waals surface area contributed by atoms with Crippen molar-refractivity contribution in [3.05, 3.63) is 16.4 Å². The SMILES string of the molecule is CC(C)CN(CC(C)C)c1ncnc(N(C)C)c1[N+](=O)[O-]. The quantitative estimate of drug-likeness (QED) is 0.568. The van der Waals surface area contributed by atoms with E-state index >= 15 is 0 Å². The molecule has 0 unspecified atom stereocenters. The van der Waals surface area contributed by atoms with E-state index in [-0.39, 0.29) is 5.69 Å². The van der Waals surface area contributed by atoms with Gasteiger partial charge in [0.05, 0.1) is 4.92 Å². The molecule has 0 aliphatic rings. The predicted molar refractivity (Wildman–Crippen MR) is 84.9 cm³/mol. The van der Waals surface area contributed by atoms with Crippen molar-refractivity contribution in [3.63, 3.8) is 0 Å². The van der Waals surface area contributed by atoms with Crippen molar-refractivity contribution in [1.82, 2.24) is 9.97 Å². The second kappa shape index (κ2) is 7.19. The Bertz CT molecular complexity index is 478. The number of anilines is 2. The second-order valence-corrected chi connectivity index (χ2v) is 6.21. The minimum Gasteiger partial charge on any atom is -0.357 e. The molecule has 0 aromatic carbocycles. The van der Waals surface area contributed by atoms with Crippen LogP contribution >= 0.6 is 0 Å². The predicted octanol–water partition coefficient (Wildman–Crippen LogP) is 2.57. The van der Waals surface area contributed by atoms with Gasteiger partial charge in [-0.05, 0) is 11.8 Å². The maximum Gasteiger partial charge on any atom is 0.353 e. The maximum absolute atomic E-state index is 11.5. The Morgan fingerprint density at radius 3 is 1.95 bits per heavy atom. The third kappa shape index (κ3) is 4.54. The largest absolute Gasteiger partial charge is 0.357 e. The van der Waals surface area contributed by atoms with Crippen LogP contribution in [0.2, 0.25) is 0 Å². The van der Waals surface area contributed by atoms with Crippen molar-refractivity contribution in [2.45, 2.75) is 27.7 Å². The molecule has 0 amide bonds. The zero-order chi connectivity index (χ0) is 16.2. The van der Waals surface area contributed by atoms with Gasteiger partial charge < -0.3 is 9.80 Å². The molecule has 118 valence electrons. The third-order valence-electron chi connectivity index (χ3n) is 2.86. The highest BCUT2D eigenvalue weighted by Crippen LogP contribution is 2.33. The fraction of sp³-hybridized carbons (Fsp3) is 0.714. The highest BCUT2D eigenvalue weighted by molar-refractivity contribution is 5.70. The van der Waals surface area contributed by atoms with Crippen LogP contribution in [-0.2, 0) is 0 Å². The number of aromatic nitrogens is 2. The van der Waals surface area contributed by atoms with Gasteiger partial charge in [-0.1, -0.05) is 27.7 Å². The second-order valence-electron chi connectivity index (χ2n) is 6.21. The van der Waals surface area contributed by atoms with Crippen LogP contribution in [0.4, 0.5) is 17.3 Å². The van der Waals surface area contributed by atoms with Crippen LogP contribution in [-0.4, -0.2) is 42.1 Å². The Hall–Kier alpha value is -1.92. The molecule has 0 aliphatic carbocycles. The maximum atomic E-state index is 11.5. The van der Waals surface area contributed by atoms with Crippen molar-refractivity contribution in [1.29, 1.82) is 0 Å². The summed E-state index contributed by atoms with van der Waals surface area (Å²) in [5, 5.41) is 11.5. The summed E-state index contributed by atoms with van der Waals surface area (Å²) in [6, 6.07) is 0. The van der Waals surface area contributed by atoms with Gasteiger partial charge >= 0.3 is 5.69 Å². The first kappa shape index (κ1) is 17.1. The fourth-order valence-corrected chi connectivity index (χ4v) is 2.21. The van der Waals surface area contributed by atoms with Gasteiger partial charge in [-0.15, -0.1) is 0 Å². The zero-order valence-electron chi connectivity index (χ0n) is 13.7. The average molecular weight is 295 g/mol. The Morgan fingerprint density at radius 2 is 1.57 bits per heavy atom. The van der Waals surface area contributed by atoms with Gasteiger partial charge in [0, 0.05) is 27.2 Å². The van der Waals surface area contributed by atoms with Crippen LogP contribution in [0.15, 0.2) is 6.33 Å². The summed E-state index contributed by atoms with van der Waals surface area (Å²) in [5.41, 5.74) is -0.0243. The van der Waals surface area contributed by atoms with E-state index in [0.717, 1.165) is 13.1 Å². The molecule has 0 saturated carbocycles. The van der Waals surface area contributed by atoms with E-state index in [1.54, 1.807) is 19.0 Å². The molecule has 7 nitrogen and oxygen atoms in total. The molecule has 0 N–H and O–H groups in total. The number of hydrogen-bond donors (Lipinski definition) is 0. The lowest BCUT2D eigenvalue weighted by molar-refractivity contribution is -0.383. The summed E-state index contributed by atoms with van der Waals surface area (Å²) < 4.78 is 0. The first-order valence-corrected chi connectivity index (χ1v) is 7.15. The van der Waals surface area contributed by atoms with Gasteiger partial charge in [-0.25, -0.2) is 9.97 Å². The molecule has 0 fully saturated rings. The molecule has 0 spiro atoms. The minimum absolute atomic E-state index is 0.0243. The number of nitro groups is 1. The molecule has 1 aromatic heterocycles. The summed E-state index contributed by atoms with van der Waals surface area (Å²) in [4.78, 5) is 23.0. The Kier molecular flexibility index (Phi) is 5.87. The van der Waals surface area contributed by atoms with Gasteiger partial charge in [0.1, 0.15) is 6.33 Å². The first-order chi connectivity index (χ1) is 9.73. The first-order valence-electron chi connectivity index (χ1n) is 7.15. The lowest BCUT2D eigenvalue weighted by Crippen LogP contribution is -2.33. The number of nitrogens with zero attached hydrogens (tertiary/aromatic N) is 5. The van der Waals surface area contributed by atoms with Gasteiger partial charge in [0.25, 0.3) is 0 Å². The number of hydrogen-bond acceptors (Lipinski definition) is 6. The molecule has 7 heteroatoms. The molecule has 0 atom stereocenters. The van der Waals surface area contributed by atoms with Crippen molar-refractivity contribution < 1.29 is 4.92 Å². The molecule has 0 aliphatic heterocycles. The summed E-state index contributed by atoms with van der Waals surface area (Å²) in [5.74, 6) is 1.52. The minimum atomic E-state index is -0.391. The smallest absolute Gasteiger partial charge is 0.353 e. The average Bonchev–Trinajstić information content (AvgIpc) is 2.35. The number of rotatable bonds is 7. The van der Waals surface area contributed by atoms with E-state index in [4.69, 9.17) is 0 Å². The highest BCUT2D eigenvalue weighted by atomic mass is 16.6. The molecular weight excluding hydrogens is 270 g/mol. The van der Waals surface area contributed by atoms with Crippen molar-refractivity contribution in [2.75, 3.05) is 37.0 Å². The molecule has 1 rings (SSSR count). The van der Waals surface area contributed by atoms with Crippen molar-refractivity contribution in [2.24, 2.45) is 11.8 Å². The van der Waals surface area contributed by atoms with Crippen molar-refractivity contribution in [3.8, 4) is 0 Å². The molecule has 0 radical (unpaired) electrons. The topological polar surface area (TPSA) is 75.4 Å². The summed E-state index contributed by atoms with van der Waals surface area (Å²) >= 11 is 0. The van der Waals surface area contributed by atoms with Crippen LogP contribution in [0.5, 0.6) is 0 Å². The normalized spacial score (nSPS) is 11.0. The molecule has 0 saturated heterocycles. The lowest BCUT2D eigenvalue weighted by Gasteiger charge is -2.27. The Labute approximate surface area is 126 Å². The highest BCUT2D eigenvalue weighted by Gasteiger charge is 2.28. The van der Waals surface area contributed by atoms with E-state index < -0.39 is 4.92 Å². The van der Waals surface area contributed by atoms with E-state index in [1.807, 2.05) is 4.90 Å². The summed E-state index contributed by atoms with van der Waals surface area (Å²) in [7, 11) is 3.49. The lowest BCUT2D eigenvalue weighted by atomic mass is 10.1. The van der Waals surface area contributed by atoms with E-state index in [9.17, 15) is 10.1 Å². The fourth-order valence-electron chi connectivity index (χ4n) is 2.21. The van der Waals surface area contributed by atoms with Crippen molar-refractivity contribution >= 4 is 17.3 Å². The van der Waals surface area contributed by atoms with Gasteiger partial charge in [0.2, 0.25) is 11.6 Å². The van der Waals surface area contributed by atoms with E-state index in [0.29, 0.717) is 23.5 Å². The monoisotopic (exact) mass is 295 g/mol. The Morgan fingerprint density at radius 1 is 1.10 bits per heavy atom.